The summed E-state index contributed by atoms with van der Waals surface area (Å²) < 4.78 is 117. The molecule has 1 aliphatic heterocycles. The van der Waals surface area contributed by atoms with Crippen molar-refractivity contribution in [3.8, 4) is 0 Å². The van der Waals surface area contributed by atoms with Gasteiger partial charge in [-0.1, -0.05) is 17.7 Å². The molecule has 0 atom stereocenters. The number of fused-ring (bicyclic) bond motifs is 3. The first-order valence-electron chi connectivity index (χ1n) is 14.5. The van der Waals surface area contributed by atoms with Crippen LogP contribution in [0.3, 0.4) is 0 Å². The van der Waals surface area contributed by atoms with Crippen LogP contribution >= 0.6 is 0 Å². The van der Waals surface area contributed by atoms with Crippen molar-refractivity contribution < 1.29 is 19.2 Å². The first kappa shape index (κ1) is 6.30. The molecule has 1 aromatic carbocycles. The third-order valence-corrected chi connectivity index (χ3v) is 3.93. The van der Waals surface area contributed by atoms with E-state index in [0.29, 0.717) is 5.69 Å². The molecule has 3 aromatic rings. The lowest BCUT2D eigenvalue weighted by Gasteiger charge is -2.24. The molecule has 3 nitrogen and oxygen atoms in total. The van der Waals surface area contributed by atoms with Crippen LogP contribution in [0.5, 0.6) is 0 Å². The zero-order chi connectivity index (χ0) is 28.9. The van der Waals surface area contributed by atoms with E-state index in [0.717, 1.165) is 10.6 Å². The lowest BCUT2D eigenvalue weighted by atomic mass is 10.0. The molecule has 124 valence electrons. The molecule has 0 aliphatic carbocycles. The van der Waals surface area contributed by atoms with Crippen molar-refractivity contribution >= 4 is 10.9 Å². The molecule has 0 fully saturated rings. The molecule has 0 spiro atoms. The Labute approximate surface area is 163 Å². The third kappa shape index (κ3) is 2.73. The molecule has 0 N–H and O–H groups in total. The van der Waals surface area contributed by atoms with E-state index in [1.165, 1.54) is 24.4 Å². The van der Waals surface area contributed by atoms with Crippen LogP contribution < -0.4 is 0 Å². The molecule has 2 aromatic heterocycles. The van der Waals surface area contributed by atoms with Crippen molar-refractivity contribution in [2.75, 3.05) is 13.5 Å². The maximum Gasteiger partial charge on any atom is 0.0486 e. The highest BCUT2D eigenvalue weighted by atomic mass is 15.1. The Morgan fingerprint density at radius 1 is 1.33 bits per heavy atom. The molecule has 24 heavy (non-hydrogen) atoms. The largest absolute Gasteiger partial charge is 0.344 e. The van der Waals surface area contributed by atoms with Crippen LogP contribution in [0.1, 0.15) is 47.3 Å². The number of benzene rings is 1. The summed E-state index contributed by atoms with van der Waals surface area (Å²) in [5, 5.41) is -0.148. The standard InChI is InChI=1S/C21H25N3/c1-15-4-7-20-18(12-15)19-14-23(3)10-9-21(19)24(20)11-8-17-6-5-16(2)22-13-17/h4-7,12-13H,8-11,14H2,1-3H3/i1D3,3D3,8D2,9D2,10D2,14D2. The Bertz CT molecular complexity index is 1380. The van der Waals surface area contributed by atoms with Gasteiger partial charge in [-0.15, -0.1) is 0 Å². The Kier molecular flexibility index (Phi) is 1.59. The van der Waals surface area contributed by atoms with Crippen LogP contribution in [-0.2, 0) is 25.8 Å². The Balaban J connectivity index is 2.12. The molecule has 0 saturated heterocycles. The molecule has 3 heteroatoms. The van der Waals surface area contributed by atoms with Crippen molar-refractivity contribution in [3.63, 3.8) is 0 Å². The van der Waals surface area contributed by atoms with E-state index in [2.05, 4.69) is 4.98 Å². The van der Waals surface area contributed by atoms with Gasteiger partial charge < -0.3 is 9.47 Å². The molecule has 1 aliphatic rings. The maximum absolute atomic E-state index is 8.76. The number of likely N-dealkylation sites (N-methyl/N-ethyl adjacent to an activating group) is 1. The third-order valence-electron chi connectivity index (χ3n) is 3.93. The van der Waals surface area contributed by atoms with Crippen molar-refractivity contribution in [2.45, 2.75) is 39.6 Å². The molecular weight excluding hydrogens is 294 g/mol. The highest BCUT2D eigenvalue weighted by Crippen LogP contribution is 2.31. The first-order valence-corrected chi connectivity index (χ1v) is 7.46. The van der Waals surface area contributed by atoms with Crippen molar-refractivity contribution in [3.05, 3.63) is 64.6 Å². The molecular formula is C21H25N3. The van der Waals surface area contributed by atoms with Gasteiger partial charge in [0.05, 0.1) is 0 Å². The number of pyridine rings is 1. The van der Waals surface area contributed by atoms with Gasteiger partial charge in [0.25, 0.3) is 0 Å². The lowest BCUT2D eigenvalue weighted by molar-refractivity contribution is 0.309. The van der Waals surface area contributed by atoms with E-state index in [1.54, 1.807) is 13.0 Å². The number of nitrogens with zero attached hydrogens (tertiary/aromatic N) is 3. The van der Waals surface area contributed by atoms with Gasteiger partial charge in [-0.25, -0.2) is 0 Å². The minimum atomic E-state index is -3.42. The summed E-state index contributed by atoms with van der Waals surface area (Å²) in [6, 6.07) is 6.69. The monoisotopic (exact) mass is 333 g/mol. The smallest absolute Gasteiger partial charge is 0.0486 e. The number of hydrogen-bond donors (Lipinski definition) is 0. The molecule has 0 bridgehead atoms. The number of rotatable bonds is 3. The molecule has 0 amide bonds. The second-order valence-corrected chi connectivity index (χ2v) is 5.59. The van der Waals surface area contributed by atoms with Crippen molar-refractivity contribution in [2.24, 2.45) is 0 Å². The van der Waals surface area contributed by atoms with E-state index in [-0.39, 0.29) is 26.9 Å². The van der Waals surface area contributed by atoms with Gasteiger partial charge >= 0.3 is 0 Å². The maximum atomic E-state index is 8.76. The van der Waals surface area contributed by atoms with Crippen LogP contribution in [0.25, 0.3) is 10.9 Å². The summed E-state index contributed by atoms with van der Waals surface area (Å²) in [5.74, 6) is 0. The molecule has 4 rings (SSSR count). The number of aryl methyl sites for hydroxylation is 4. The van der Waals surface area contributed by atoms with Gasteiger partial charge in [0.1, 0.15) is 0 Å². The summed E-state index contributed by atoms with van der Waals surface area (Å²) in [7, 11) is 0. The summed E-state index contributed by atoms with van der Waals surface area (Å²) >= 11 is 0. The summed E-state index contributed by atoms with van der Waals surface area (Å²) in [6.07, 6.45) is -4.06. The predicted octanol–water partition coefficient (Wildman–Crippen LogP) is 3.88. The van der Waals surface area contributed by atoms with Gasteiger partial charge in [0.15, 0.2) is 0 Å². The predicted molar refractivity (Wildman–Crippen MR) is 99.4 cm³/mol. The van der Waals surface area contributed by atoms with Gasteiger partial charge in [-0.3, -0.25) is 4.98 Å². The van der Waals surface area contributed by atoms with E-state index >= 15 is 0 Å². The second-order valence-electron chi connectivity index (χ2n) is 5.59. The van der Waals surface area contributed by atoms with Gasteiger partial charge in [-0.2, -0.15) is 0 Å². The van der Waals surface area contributed by atoms with Crippen LogP contribution in [0.2, 0.25) is 0 Å². The zero-order valence-corrected chi connectivity index (χ0v) is 13.0. The minimum Gasteiger partial charge on any atom is -0.344 e. The van der Waals surface area contributed by atoms with Gasteiger partial charge in [-0.05, 0) is 56.5 Å². The summed E-state index contributed by atoms with van der Waals surface area (Å²) in [6.45, 7) is -11.5. The average molecular weight is 334 g/mol. The molecule has 3 heterocycles. The summed E-state index contributed by atoms with van der Waals surface area (Å²) in [5.41, 5.74) is -0.594. The fourth-order valence-corrected chi connectivity index (χ4v) is 2.75. The van der Waals surface area contributed by atoms with Crippen LogP contribution in [0.4, 0.5) is 0 Å². The van der Waals surface area contributed by atoms with Crippen molar-refractivity contribution in [1.29, 1.82) is 0 Å². The number of hydrogen-bond acceptors (Lipinski definition) is 2. The average Bonchev–Trinajstić information content (AvgIpc) is 3.05. The molecule has 0 saturated carbocycles. The van der Waals surface area contributed by atoms with Crippen LogP contribution in [0, 0.1) is 13.8 Å². The molecule has 0 unspecified atom stereocenters. The SMILES string of the molecule is [2H]C([2H])([2H])c1ccc2c(c1)c1c(n2CC([2H])([2H])c2ccc(C)nc2)C([2H])([2H])C([2H])([2H])N(C([2H])([2H])[2H])C1([2H])[2H]. The fourth-order valence-electron chi connectivity index (χ4n) is 2.75. The van der Waals surface area contributed by atoms with Crippen molar-refractivity contribution in [1.82, 2.24) is 14.5 Å². The quantitative estimate of drug-likeness (QED) is 0.725. The fraction of sp³-hybridized carbons (Fsp3) is 0.381. The normalized spacial score (nSPS) is 31.5. The summed E-state index contributed by atoms with van der Waals surface area (Å²) in [4.78, 5) is 3.95. The van der Waals surface area contributed by atoms with E-state index in [9.17, 15) is 0 Å². The second kappa shape index (κ2) is 6.06. The topological polar surface area (TPSA) is 21.1 Å². The highest BCUT2D eigenvalue weighted by molar-refractivity contribution is 5.86. The zero-order valence-electron chi connectivity index (χ0n) is 27.0. The molecule has 0 radical (unpaired) electrons. The first-order chi connectivity index (χ1) is 17.0. The highest BCUT2D eigenvalue weighted by Gasteiger charge is 2.22. The van der Waals surface area contributed by atoms with E-state index in [4.69, 9.17) is 19.2 Å². The lowest BCUT2D eigenvalue weighted by Crippen LogP contribution is -2.27. The van der Waals surface area contributed by atoms with Gasteiger partial charge in [0.2, 0.25) is 0 Å². The Morgan fingerprint density at radius 3 is 3.08 bits per heavy atom. The van der Waals surface area contributed by atoms with Crippen LogP contribution in [-0.4, -0.2) is 27.9 Å². The minimum absolute atomic E-state index is 0.0305. The van der Waals surface area contributed by atoms with E-state index < -0.39 is 57.4 Å². The Hall–Kier alpha value is -2.13. The number of aromatic nitrogens is 2. The van der Waals surface area contributed by atoms with Crippen LogP contribution in [0.15, 0.2) is 36.5 Å². The van der Waals surface area contributed by atoms with E-state index in [1.807, 2.05) is 0 Å². The Morgan fingerprint density at radius 2 is 2.29 bits per heavy atom. The van der Waals surface area contributed by atoms with Gasteiger partial charge in [0, 0.05) is 73.6 Å².